The second-order valence-corrected chi connectivity index (χ2v) is 9.92. The molecule has 5 rings (SSSR count). The standard InChI is InChI=1S/C27H30O13/c1-10-19(29)22(32)24(34)26(37-10)39-13-5-3-12(4-6-13)15-9-36-17-8-14(7-16(28)18(17)21(15)31)40-27-25(35)23(33)20(30)11(2)38-27/h3-11,19-20,22-30,32-35H,1-2H3/t10-,11-,19-,20-,22+,23+,24-,25-,26-,27-/m0/s1. The first kappa shape index (κ1) is 28.3. The van der Waals surface area contributed by atoms with Crippen LogP contribution in [0.15, 0.2) is 51.9 Å². The molecule has 2 aliphatic heterocycles. The molecule has 0 spiro atoms. The number of hydrogen-bond donors (Lipinski definition) is 7. The Morgan fingerprint density at radius 1 is 0.700 bits per heavy atom. The fourth-order valence-corrected chi connectivity index (χ4v) is 4.68. The molecule has 216 valence electrons. The van der Waals surface area contributed by atoms with E-state index >= 15 is 0 Å². The van der Waals surface area contributed by atoms with Gasteiger partial charge in [-0.25, -0.2) is 0 Å². The van der Waals surface area contributed by atoms with Crippen molar-refractivity contribution in [2.24, 2.45) is 0 Å². The molecule has 0 bridgehead atoms. The summed E-state index contributed by atoms with van der Waals surface area (Å²) in [7, 11) is 0. The molecule has 13 heteroatoms. The van der Waals surface area contributed by atoms with Gasteiger partial charge in [-0.1, -0.05) is 12.1 Å². The van der Waals surface area contributed by atoms with Crippen molar-refractivity contribution in [2.75, 3.05) is 0 Å². The van der Waals surface area contributed by atoms with Crippen molar-refractivity contribution in [1.82, 2.24) is 0 Å². The van der Waals surface area contributed by atoms with Crippen LogP contribution in [0.2, 0.25) is 0 Å². The lowest BCUT2D eigenvalue weighted by Gasteiger charge is -2.38. The van der Waals surface area contributed by atoms with Gasteiger partial charge in [0.05, 0.1) is 17.8 Å². The lowest BCUT2D eigenvalue weighted by Crippen LogP contribution is -2.58. The van der Waals surface area contributed by atoms with Gasteiger partial charge in [-0.05, 0) is 31.5 Å². The molecule has 0 aliphatic carbocycles. The van der Waals surface area contributed by atoms with Gasteiger partial charge in [-0.3, -0.25) is 4.79 Å². The minimum atomic E-state index is -1.57. The van der Waals surface area contributed by atoms with Gasteiger partial charge in [0, 0.05) is 12.1 Å². The molecule has 2 aromatic carbocycles. The first-order chi connectivity index (χ1) is 19.0. The number of phenols is 1. The predicted molar refractivity (Wildman–Crippen MR) is 136 cm³/mol. The summed E-state index contributed by atoms with van der Waals surface area (Å²) in [5.74, 6) is -0.209. The Hall–Kier alpha value is -3.27. The number of rotatable bonds is 5. The number of aliphatic hydroxyl groups excluding tert-OH is 6. The fraction of sp³-hybridized carbons (Fsp3) is 0.444. The second kappa shape index (κ2) is 11.0. The fourth-order valence-electron chi connectivity index (χ4n) is 4.68. The van der Waals surface area contributed by atoms with E-state index in [2.05, 4.69) is 0 Å². The van der Waals surface area contributed by atoms with Crippen LogP contribution in [0.3, 0.4) is 0 Å². The highest BCUT2D eigenvalue weighted by Crippen LogP contribution is 2.33. The Morgan fingerprint density at radius 2 is 1.23 bits per heavy atom. The summed E-state index contributed by atoms with van der Waals surface area (Å²) in [4.78, 5) is 13.3. The van der Waals surface area contributed by atoms with Gasteiger partial charge in [-0.15, -0.1) is 0 Å². The zero-order valence-electron chi connectivity index (χ0n) is 21.4. The van der Waals surface area contributed by atoms with E-state index in [0.717, 1.165) is 6.07 Å². The largest absolute Gasteiger partial charge is 0.507 e. The van der Waals surface area contributed by atoms with Gasteiger partial charge in [0.25, 0.3) is 0 Å². The van der Waals surface area contributed by atoms with Crippen molar-refractivity contribution in [3.8, 4) is 28.4 Å². The second-order valence-electron chi connectivity index (χ2n) is 9.92. The molecule has 13 nitrogen and oxygen atoms in total. The number of aromatic hydroxyl groups is 1. The number of aliphatic hydroxyl groups is 6. The average Bonchev–Trinajstić information content (AvgIpc) is 2.93. The van der Waals surface area contributed by atoms with Gasteiger partial charge < -0.3 is 59.1 Å². The number of phenolic OH excluding ortho intramolecular Hbond substituents is 1. The molecule has 40 heavy (non-hydrogen) atoms. The third-order valence-electron chi connectivity index (χ3n) is 7.12. The lowest BCUT2D eigenvalue weighted by molar-refractivity contribution is -0.268. The highest BCUT2D eigenvalue weighted by Gasteiger charge is 2.44. The van der Waals surface area contributed by atoms with E-state index in [4.69, 9.17) is 23.4 Å². The molecule has 3 heterocycles. The molecule has 0 amide bonds. The minimum absolute atomic E-state index is 0.0127. The maximum absolute atomic E-state index is 13.3. The first-order valence-corrected chi connectivity index (χ1v) is 12.6. The van der Waals surface area contributed by atoms with Gasteiger partial charge in [0.2, 0.25) is 18.0 Å². The number of ether oxygens (including phenoxy) is 4. The molecular formula is C27H30O13. The van der Waals surface area contributed by atoms with E-state index < -0.39 is 72.6 Å². The third kappa shape index (κ3) is 5.13. The van der Waals surface area contributed by atoms with Crippen LogP contribution in [-0.2, 0) is 9.47 Å². The molecule has 7 N–H and O–H groups in total. The van der Waals surface area contributed by atoms with Crippen LogP contribution in [-0.4, -0.2) is 97.2 Å². The van der Waals surface area contributed by atoms with E-state index in [9.17, 15) is 40.5 Å². The van der Waals surface area contributed by atoms with Crippen LogP contribution in [0.4, 0.5) is 0 Å². The number of benzene rings is 2. The molecule has 0 radical (unpaired) electrons. The van der Waals surface area contributed by atoms with Crippen LogP contribution in [0.5, 0.6) is 17.2 Å². The summed E-state index contributed by atoms with van der Waals surface area (Å²) in [6.07, 6.45) is -11.6. The first-order valence-electron chi connectivity index (χ1n) is 12.6. The van der Waals surface area contributed by atoms with Crippen molar-refractivity contribution in [2.45, 2.75) is 75.3 Å². The van der Waals surface area contributed by atoms with Crippen LogP contribution in [0, 0.1) is 0 Å². The summed E-state index contributed by atoms with van der Waals surface area (Å²) < 4.78 is 27.6. The summed E-state index contributed by atoms with van der Waals surface area (Å²) >= 11 is 0. The normalized spacial score (nSPS) is 34.5. The van der Waals surface area contributed by atoms with Gasteiger partial charge >= 0.3 is 0 Å². The van der Waals surface area contributed by atoms with Gasteiger partial charge in [0.15, 0.2) is 0 Å². The van der Waals surface area contributed by atoms with Gasteiger partial charge in [-0.2, -0.15) is 0 Å². The van der Waals surface area contributed by atoms with Crippen molar-refractivity contribution >= 4 is 11.0 Å². The molecular weight excluding hydrogens is 532 g/mol. The SMILES string of the molecule is C[C@@H]1O[C@@H](Oc2ccc(-c3coc4cc(O[C@@H]5O[C@@H](C)[C@H](O)[C@@H](O)[C@@H]5O)cc(O)c4c3=O)cc2)[C@@H](O)[C@H](O)[C@H]1O. The maximum Gasteiger partial charge on any atom is 0.229 e. The van der Waals surface area contributed by atoms with E-state index in [1.165, 1.54) is 38.3 Å². The minimum Gasteiger partial charge on any atom is -0.507 e. The number of fused-ring (bicyclic) bond motifs is 1. The van der Waals surface area contributed by atoms with Crippen LogP contribution >= 0.6 is 0 Å². The molecule has 0 saturated carbocycles. The molecule has 0 unspecified atom stereocenters. The van der Waals surface area contributed by atoms with Crippen molar-refractivity contribution in [3.63, 3.8) is 0 Å². The van der Waals surface area contributed by atoms with Crippen LogP contribution in [0.1, 0.15) is 13.8 Å². The third-order valence-corrected chi connectivity index (χ3v) is 7.12. The Bertz CT molecular complexity index is 1410. The molecule has 2 fully saturated rings. The summed E-state index contributed by atoms with van der Waals surface area (Å²) in [6.45, 7) is 3.03. The van der Waals surface area contributed by atoms with E-state index in [-0.39, 0.29) is 28.0 Å². The van der Waals surface area contributed by atoms with Gasteiger partial charge in [0.1, 0.15) is 71.1 Å². The van der Waals surface area contributed by atoms with Crippen molar-refractivity contribution in [3.05, 3.63) is 52.9 Å². The maximum atomic E-state index is 13.3. The molecule has 1 aromatic heterocycles. The lowest BCUT2D eigenvalue weighted by atomic mass is 10.00. The van der Waals surface area contributed by atoms with E-state index in [1.54, 1.807) is 12.1 Å². The Labute approximate surface area is 227 Å². The topological polar surface area (TPSA) is 209 Å². The monoisotopic (exact) mass is 562 g/mol. The van der Waals surface area contributed by atoms with E-state index in [1.807, 2.05) is 0 Å². The Kier molecular flexibility index (Phi) is 7.74. The molecule has 2 saturated heterocycles. The Morgan fingerprint density at radius 3 is 1.77 bits per heavy atom. The predicted octanol–water partition coefficient (Wildman–Crippen LogP) is -0.422. The number of hydrogen-bond acceptors (Lipinski definition) is 13. The molecule has 10 atom stereocenters. The molecule has 3 aromatic rings. The zero-order valence-corrected chi connectivity index (χ0v) is 21.4. The van der Waals surface area contributed by atoms with E-state index in [0.29, 0.717) is 5.56 Å². The zero-order chi connectivity index (χ0) is 28.9. The molecule has 2 aliphatic rings. The highest BCUT2D eigenvalue weighted by molar-refractivity contribution is 5.88. The average molecular weight is 563 g/mol. The highest BCUT2D eigenvalue weighted by atomic mass is 16.7. The Balaban J connectivity index is 1.35. The van der Waals surface area contributed by atoms with Crippen molar-refractivity contribution in [1.29, 1.82) is 0 Å². The summed E-state index contributed by atoms with van der Waals surface area (Å²) in [6, 6.07) is 8.58. The van der Waals surface area contributed by atoms with Crippen LogP contribution in [0.25, 0.3) is 22.1 Å². The smallest absolute Gasteiger partial charge is 0.229 e. The summed E-state index contributed by atoms with van der Waals surface area (Å²) in [5.41, 5.74) is -0.00368. The van der Waals surface area contributed by atoms with Crippen LogP contribution < -0.4 is 14.9 Å². The van der Waals surface area contributed by atoms with Crippen molar-refractivity contribution < 1.29 is 59.1 Å². The quantitative estimate of drug-likeness (QED) is 0.211. The summed E-state index contributed by atoms with van der Waals surface area (Å²) in [5, 5.41) is 70.5.